The van der Waals surface area contributed by atoms with Gasteiger partial charge in [-0.1, -0.05) is 17.8 Å². The third-order valence-corrected chi connectivity index (χ3v) is 4.65. The zero-order chi connectivity index (χ0) is 16.4. The average Bonchev–Trinajstić information content (AvgIpc) is 2.83. The van der Waals surface area contributed by atoms with Crippen molar-refractivity contribution >= 4 is 22.6 Å². The van der Waals surface area contributed by atoms with Crippen LogP contribution in [0.1, 0.15) is 23.9 Å². The van der Waals surface area contributed by atoms with Crippen LogP contribution in [0.25, 0.3) is 5.69 Å². The first-order chi connectivity index (χ1) is 11.1. The third kappa shape index (κ3) is 3.17. The molecule has 0 spiro atoms. The van der Waals surface area contributed by atoms with Crippen molar-refractivity contribution in [2.75, 3.05) is 12.3 Å². The second kappa shape index (κ2) is 6.58. The fourth-order valence-corrected chi connectivity index (χ4v) is 3.57. The van der Waals surface area contributed by atoms with Gasteiger partial charge in [0.1, 0.15) is 5.82 Å². The fourth-order valence-electron chi connectivity index (χ4n) is 2.75. The quantitative estimate of drug-likeness (QED) is 0.933. The van der Waals surface area contributed by atoms with Crippen molar-refractivity contribution < 1.29 is 4.39 Å². The first-order valence-corrected chi connectivity index (χ1v) is 8.53. The van der Waals surface area contributed by atoms with Gasteiger partial charge in [0, 0.05) is 34.9 Å². The zero-order valence-corrected chi connectivity index (χ0v) is 14.2. The molecular weight excluding hydrogens is 311 g/mol. The number of hydrogen-bond donors (Lipinski definition) is 1. The van der Waals surface area contributed by atoms with Crippen molar-refractivity contribution in [1.29, 1.82) is 0 Å². The number of hydrazone groups is 1. The minimum absolute atomic E-state index is 0.232. The molecule has 2 aromatic rings. The van der Waals surface area contributed by atoms with Crippen LogP contribution in [-0.4, -0.2) is 27.7 Å². The minimum atomic E-state index is -0.232. The molecule has 6 heteroatoms. The molecule has 1 N–H and O–H groups in total. The number of aryl methyl sites for hydroxylation is 1. The molecule has 4 nitrogen and oxygen atoms in total. The highest BCUT2D eigenvalue weighted by Crippen LogP contribution is 2.24. The number of halogens is 1. The van der Waals surface area contributed by atoms with Crippen molar-refractivity contribution in [3.8, 4) is 5.69 Å². The summed E-state index contributed by atoms with van der Waals surface area (Å²) >= 11 is 1.65. The standard InChI is InChI=1S/C17H19FN4S/c1-4-19-17-21-20-16(10-23-17)15-8-11(2)22(12(15)3)14-7-5-6-13(18)9-14/h5-9H,4,10H2,1-3H3,(H,19,21). The number of thioether (sulfide) groups is 1. The molecule has 1 aliphatic heterocycles. The van der Waals surface area contributed by atoms with Gasteiger partial charge in [-0.15, -0.1) is 0 Å². The maximum atomic E-state index is 13.5. The Bertz CT molecular complexity index is 792. The van der Waals surface area contributed by atoms with Crippen LogP contribution in [0, 0.1) is 19.7 Å². The van der Waals surface area contributed by atoms with Gasteiger partial charge in [0.2, 0.25) is 0 Å². The lowest BCUT2D eigenvalue weighted by molar-refractivity contribution is 0.626. The minimum Gasteiger partial charge on any atom is -0.318 e. The molecule has 0 atom stereocenters. The monoisotopic (exact) mass is 330 g/mol. The highest BCUT2D eigenvalue weighted by molar-refractivity contribution is 8.14. The van der Waals surface area contributed by atoms with Crippen molar-refractivity contribution in [1.82, 2.24) is 9.99 Å². The van der Waals surface area contributed by atoms with E-state index >= 15 is 0 Å². The Balaban J connectivity index is 1.97. The van der Waals surface area contributed by atoms with E-state index in [-0.39, 0.29) is 5.82 Å². The van der Waals surface area contributed by atoms with Crippen molar-refractivity contribution in [2.24, 2.45) is 10.1 Å². The van der Waals surface area contributed by atoms with E-state index in [2.05, 4.69) is 26.2 Å². The molecule has 0 fully saturated rings. The smallest absolute Gasteiger partial charge is 0.177 e. The van der Waals surface area contributed by atoms with Gasteiger partial charge < -0.3 is 4.57 Å². The summed E-state index contributed by atoms with van der Waals surface area (Å²) in [7, 11) is 0. The van der Waals surface area contributed by atoms with E-state index < -0.39 is 0 Å². The summed E-state index contributed by atoms with van der Waals surface area (Å²) in [4.78, 5) is 4.33. The van der Waals surface area contributed by atoms with Crippen LogP contribution < -0.4 is 5.43 Å². The van der Waals surface area contributed by atoms with E-state index in [9.17, 15) is 4.39 Å². The summed E-state index contributed by atoms with van der Waals surface area (Å²) in [5, 5.41) is 5.31. The molecule has 1 aromatic carbocycles. The summed E-state index contributed by atoms with van der Waals surface area (Å²) in [6.45, 7) is 6.81. The molecule has 0 radical (unpaired) electrons. The van der Waals surface area contributed by atoms with E-state index in [1.807, 2.05) is 26.8 Å². The summed E-state index contributed by atoms with van der Waals surface area (Å²) in [6.07, 6.45) is 0. The van der Waals surface area contributed by atoms with Crippen LogP contribution in [0.2, 0.25) is 0 Å². The second-order valence-corrected chi connectivity index (χ2v) is 6.30. The van der Waals surface area contributed by atoms with E-state index in [4.69, 9.17) is 0 Å². The third-order valence-electron chi connectivity index (χ3n) is 3.74. The van der Waals surface area contributed by atoms with Crippen LogP contribution in [0.15, 0.2) is 40.4 Å². The largest absolute Gasteiger partial charge is 0.318 e. The van der Waals surface area contributed by atoms with E-state index in [0.29, 0.717) is 0 Å². The number of aliphatic imine (C=N–C) groups is 1. The lowest BCUT2D eigenvalue weighted by Crippen LogP contribution is -2.25. The number of hydrogen-bond acceptors (Lipinski definition) is 3. The van der Waals surface area contributed by atoms with Crippen LogP contribution in [-0.2, 0) is 0 Å². The molecule has 0 saturated heterocycles. The summed E-state index contributed by atoms with van der Waals surface area (Å²) in [6, 6.07) is 8.74. The maximum absolute atomic E-state index is 13.5. The first kappa shape index (κ1) is 15.8. The van der Waals surface area contributed by atoms with Gasteiger partial charge in [-0.2, -0.15) is 5.10 Å². The summed E-state index contributed by atoms with van der Waals surface area (Å²) in [5.74, 6) is 0.545. The molecule has 0 unspecified atom stereocenters. The predicted molar refractivity (Wildman–Crippen MR) is 95.3 cm³/mol. The molecule has 120 valence electrons. The summed E-state index contributed by atoms with van der Waals surface area (Å²) < 4.78 is 15.6. The van der Waals surface area contributed by atoms with Gasteiger partial charge in [-0.3, -0.25) is 10.4 Å². The predicted octanol–water partition coefficient (Wildman–Crippen LogP) is 3.65. The highest BCUT2D eigenvalue weighted by Gasteiger charge is 2.19. The van der Waals surface area contributed by atoms with Gasteiger partial charge in [0.25, 0.3) is 0 Å². The van der Waals surface area contributed by atoms with Crippen LogP contribution in [0.3, 0.4) is 0 Å². The molecule has 0 amide bonds. The summed E-state index contributed by atoms with van der Waals surface area (Å²) in [5.41, 5.74) is 8.03. The first-order valence-electron chi connectivity index (χ1n) is 7.55. The average molecular weight is 330 g/mol. The number of benzene rings is 1. The van der Waals surface area contributed by atoms with Gasteiger partial charge in [-0.25, -0.2) is 4.39 Å². The zero-order valence-electron chi connectivity index (χ0n) is 13.4. The Hall–Kier alpha value is -2.08. The normalized spacial score (nSPS) is 16.3. The Morgan fingerprint density at radius 3 is 2.83 bits per heavy atom. The number of nitrogens with zero attached hydrogens (tertiary/aromatic N) is 3. The van der Waals surface area contributed by atoms with Gasteiger partial charge >= 0.3 is 0 Å². The Labute approximate surface area is 139 Å². The Morgan fingerprint density at radius 1 is 1.35 bits per heavy atom. The van der Waals surface area contributed by atoms with Gasteiger partial charge in [0.15, 0.2) is 5.17 Å². The highest BCUT2D eigenvalue weighted by atomic mass is 32.2. The lowest BCUT2D eigenvalue weighted by Gasteiger charge is -2.15. The Morgan fingerprint density at radius 2 is 2.17 bits per heavy atom. The van der Waals surface area contributed by atoms with Crippen LogP contribution in [0.4, 0.5) is 4.39 Å². The van der Waals surface area contributed by atoms with Gasteiger partial charge in [0.05, 0.1) is 5.71 Å². The second-order valence-electron chi connectivity index (χ2n) is 5.34. The van der Waals surface area contributed by atoms with Crippen LogP contribution in [0.5, 0.6) is 0 Å². The molecule has 0 saturated carbocycles. The SMILES string of the molecule is CCN=C1NN=C(c2cc(C)n(-c3cccc(F)c3)c2C)CS1. The van der Waals surface area contributed by atoms with Crippen LogP contribution >= 0.6 is 11.8 Å². The molecule has 0 bridgehead atoms. The maximum Gasteiger partial charge on any atom is 0.177 e. The Kier molecular flexibility index (Phi) is 4.52. The molecule has 2 heterocycles. The van der Waals surface area contributed by atoms with E-state index in [1.54, 1.807) is 23.9 Å². The molecule has 3 rings (SSSR count). The number of amidine groups is 1. The number of rotatable bonds is 3. The number of aromatic nitrogens is 1. The fraction of sp³-hybridized carbons (Fsp3) is 0.294. The topological polar surface area (TPSA) is 41.7 Å². The van der Waals surface area contributed by atoms with Crippen molar-refractivity contribution in [2.45, 2.75) is 20.8 Å². The number of nitrogens with one attached hydrogen (secondary N) is 1. The van der Waals surface area contributed by atoms with Crippen molar-refractivity contribution in [3.63, 3.8) is 0 Å². The molecule has 1 aromatic heterocycles. The molecule has 1 aliphatic rings. The van der Waals surface area contributed by atoms with E-state index in [1.165, 1.54) is 6.07 Å². The molecule has 23 heavy (non-hydrogen) atoms. The lowest BCUT2D eigenvalue weighted by atomic mass is 10.1. The molecular formula is C17H19FN4S. The van der Waals surface area contributed by atoms with Crippen molar-refractivity contribution in [3.05, 3.63) is 53.1 Å². The molecule has 0 aliphatic carbocycles. The van der Waals surface area contributed by atoms with Gasteiger partial charge in [-0.05, 0) is 45.0 Å². The van der Waals surface area contributed by atoms with E-state index in [0.717, 1.165) is 45.8 Å².